The van der Waals surface area contributed by atoms with Gasteiger partial charge in [-0.1, -0.05) is 17.7 Å². The van der Waals surface area contributed by atoms with E-state index in [4.69, 9.17) is 11.6 Å². The van der Waals surface area contributed by atoms with E-state index < -0.39 is 10.0 Å². The third kappa shape index (κ3) is 2.76. The molecule has 0 atom stereocenters. The van der Waals surface area contributed by atoms with Gasteiger partial charge >= 0.3 is 0 Å². The Morgan fingerprint density at radius 3 is 2.81 bits per heavy atom. The van der Waals surface area contributed by atoms with Crippen molar-refractivity contribution in [1.29, 1.82) is 0 Å². The van der Waals surface area contributed by atoms with Crippen molar-refractivity contribution in [3.63, 3.8) is 0 Å². The molecule has 0 amide bonds. The van der Waals surface area contributed by atoms with Crippen LogP contribution in [-0.2, 0) is 10.0 Å². The lowest BCUT2D eigenvalue weighted by molar-refractivity contribution is 0.601. The quantitative estimate of drug-likeness (QED) is 0.719. The van der Waals surface area contributed by atoms with Gasteiger partial charge in [-0.15, -0.1) is 0 Å². The van der Waals surface area contributed by atoms with Crippen LogP contribution >= 0.6 is 27.5 Å². The Bertz CT molecular complexity index is 924. The minimum absolute atomic E-state index is 0.124. The van der Waals surface area contributed by atoms with Crippen molar-refractivity contribution in [1.82, 2.24) is 10.2 Å². The van der Waals surface area contributed by atoms with Crippen molar-refractivity contribution in [3.05, 3.63) is 52.1 Å². The first-order valence-corrected chi connectivity index (χ1v) is 8.53. The summed E-state index contributed by atoms with van der Waals surface area (Å²) in [4.78, 5) is 0.124. The third-order valence-electron chi connectivity index (χ3n) is 2.93. The van der Waals surface area contributed by atoms with Crippen molar-refractivity contribution in [2.75, 3.05) is 4.72 Å². The molecule has 8 heteroatoms. The molecule has 0 aliphatic carbocycles. The molecule has 0 saturated carbocycles. The van der Waals surface area contributed by atoms with E-state index in [-0.39, 0.29) is 4.90 Å². The molecule has 3 rings (SSSR count). The highest BCUT2D eigenvalue weighted by Crippen LogP contribution is 2.28. The minimum atomic E-state index is -3.70. The van der Waals surface area contributed by atoms with E-state index in [2.05, 4.69) is 30.8 Å². The second-order valence-corrected chi connectivity index (χ2v) is 7.26. The van der Waals surface area contributed by atoms with Gasteiger partial charge in [-0.25, -0.2) is 8.42 Å². The number of nitrogens with one attached hydrogen (secondary N) is 2. The summed E-state index contributed by atoms with van der Waals surface area (Å²) in [6, 6.07) is 9.68. The summed E-state index contributed by atoms with van der Waals surface area (Å²) in [6.07, 6.45) is 1.57. The van der Waals surface area contributed by atoms with E-state index >= 15 is 0 Å². The molecule has 2 aromatic carbocycles. The second kappa shape index (κ2) is 5.32. The van der Waals surface area contributed by atoms with Crippen molar-refractivity contribution in [2.45, 2.75) is 4.90 Å². The maximum Gasteiger partial charge on any atom is 0.261 e. The smallest absolute Gasteiger partial charge is 0.261 e. The molecule has 0 aliphatic heterocycles. The zero-order valence-corrected chi connectivity index (χ0v) is 13.6. The molecule has 21 heavy (non-hydrogen) atoms. The lowest BCUT2D eigenvalue weighted by Crippen LogP contribution is -2.13. The monoisotopic (exact) mass is 385 g/mol. The topological polar surface area (TPSA) is 74.8 Å². The van der Waals surface area contributed by atoms with Crippen LogP contribution in [0.25, 0.3) is 10.9 Å². The van der Waals surface area contributed by atoms with Gasteiger partial charge in [0.15, 0.2) is 0 Å². The highest BCUT2D eigenvalue weighted by atomic mass is 79.9. The summed E-state index contributed by atoms with van der Waals surface area (Å²) in [5, 5.41) is 7.85. The van der Waals surface area contributed by atoms with Crippen LogP contribution in [0.5, 0.6) is 0 Å². The van der Waals surface area contributed by atoms with Gasteiger partial charge < -0.3 is 0 Å². The van der Waals surface area contributed by atoms with Crippen LogP contribution in [0, 0.1) is 0 Å². The molecule has 0 unspecified atom stereocenters. The molecule has 3 aromatic rings. The first kappa shape index (κ1) is 14.4. The fourth-order valence-electron chi connectivity index (χ4n) is 1.90. The summed E-state index contributed by atoms with van der Waals surface area (Å²) >= 11 is 9.10. The number of aromatic nitrogens is 2. The number of fused-ring (bicyclic) bond motifs is 1. The zero-order chi connectivity index (χ0) is 15.0. The second-order valence-electron chi connectivity index (χ2n) is 4.32. The van der Waals surface area contributed by atoms with Crippen LogP contribution in [0.4, 0.5) is 5.69 Å². The molecule has 0 saturated heterocycles. The molecule has 0 bridgehead atoms. The number of rotatable bonds is 3. The summed E-state index contributed by atoms with van der Waals surface area (Å²) < 4.78 is 27.9. The number of benzene rings is 2. The normalized spacial score (nSPS) is 11.7. The van der Waals surface area contributed by atoms with E-state index in [0.29, 0.717) is 20.6 Å². The van der Waals surface area contributed by atoms with Crippen LogP contribution in [0.15, 0.2) is 52.0 Å². The van der Waals surface area contributed by atoms with Crippen LogP contribution in [0.2, 0.25) is 5.02 Å². The van der Waals surface area contributed by atoms with Crippen LogP contribution in [-0.4, -0.2) is 18.6 Å². The predicted molar refractivity (Wildman–Crippen MR) is 86.1 cm³/mol. The van der Waals surface area contributed by atoms with Crippen LogP contribution in [0.1, 0.15) is 0 Å². The van der Waals surface area contributed by atoms with Crippen molar-refractivity contribution in [2.24, 2.45) is 0 Å². The molecular weight excluding hydrogens is 378 g/mol. The van der Waals surface area contributed by atoms with Crippen LogP contribution < -0.4 is 4.72 Å². The summed E-state index contributed by atoms with van der Waals surface area (Å²) in [5.74, 6) is 0. The summed E-state index contributed by atoms with van der Waals surface area (Å²) in [5.41, 5.74) is 1.22. The summed E-state index contributed by atoms with van der Waals surface area (Å²) in [6.45, 7) is 0. The fourth-order valence-corrected chi connectivity index (χ4v) is 3.66. The lowest BCUT2D eigenvalue weighted by Gasteiger charge is -2.09. The van der Waals surface area contributed by atoms with E-state index in [1.54, 1.807) is 18.3 Å². The molecule has 1 heterocycles. The predicted octanol–water partition coefficient (Wildman–Crippen LogP) is 3.78. The summed E-state index contributed by atoms with van der Waals surface area (Å²) in [7, 11) is -3.70. The first-order valence-electron chi connectivity index (χ1n) is 5.87. The van der Waals surface area contributed by atoms with Gasteiger partial charge in [0.1, 0.15) is 0 Å². The molecule has 0 fully saturated rings. The Morgan fingerprint density at radius 2 is 2.05 bits per heavy atom. The third-order valence-corrected chi connectivity index (χ3v) is 5.51. The molecule has 5 nitrogen and oxygen atoms in total. The number of nitrogens with zero attached hydrogens (tertiary/aromatic N) is 1. The zero-order valence-electron chi connectivity index (χ0n) is 10.5. The Kier molecular flexibility index (Phi) is 3.64. The van der Waals surface area contributed by atoms with Gasteiger partial charge in [0.2, 0.25) is 0 Å². The highest BCUT2D eigenvalue weighted by molar-refractivity contribution is 9.10. The molecule has 0 spiro atoms. The standard InChI is InChI=1S/C13H9BrClN3O2S/c14-10-6-8(4-5-11(10)15)21(19,20)18-13-3-1-2-12-9(13)7-16-17-12/h1-7,18H,(H,16,17). The molecule has 108 valence electrons. The molecular formula is C13H9BrClN3O2S. The number of hydrogen-bond acceptors (Lipinski definition) is 3. The minimum Gasteiger partial charge on any atom is -0.279 e. The Morgan fingerprint density at radius 1 is 1.24 bits per heavy atom. The number of anilines is 1. The maximum absolute atomic E-state index is 12.4. The van der Waals surface area contributed by atoms with Crippen molar-refractivity contribution in [3.8, 4) is 0 Å². The van der Waals surface area contributed by atoms with Gasteiger partial charge in [-0.2, -0.15) is 5.10 Å². The SMILES string of the molecule is O=S(=O)(Nc1cccc2[nH]ncc12)c1ccc(Cl)c(Br)c1. The van der Waals surface area contributed by atoms with Crippen LogP contribution in [0.3, 0.4) is 0 Å². The Labute approximate surface area is 134 Å². The number of hydrogen-bond donors (Lipinski definition) is 2. The van der Waals surface area contributed by atoms with Gasteiger partial charge in [0.05, 0.1) is 27.3 Å². The number of halogens is 2. The van der Waals surface area contributed by atoms with Gasteiger partial charge in [-0.05, 0) is 46.3 Å². The number of sulfonamides is 1. The Hall–Kier alpha value is -1.57. The number of H-pyrrole nitrogens is 1. The van der Waals surface area contributed by atoms with E-state index in [1.807, 2.05) is 6.07 Å². The highest BCUT2D eigenvalue weighted by Gasteiger charge is 2.17. The van der Waals surface area contributed by atoms with E-state index in [0.717, 1.165) is 5.52 Å². The van der Waals surface area contributed by atoms with E-state index in [1.165, 1.54) is 18.2 Å². The molecule has 1 aromatic heterocycles. The van der Waals surface area contributed by atoms with Crippen molar-refractivity contribution < 1.29 is 8.42 Å². The largest absolute Gasteiger partial charge is 0.279 e. The van der Waals surface area contributed by atoms with E-state index in [9.17, 15) is 8.42 Å². The lowest BCUT2D eigenvalue weighted by atomic mass is 10.2. The van der Waals surface area contributed by atoms with Gasteiger partial charge in [0, 0.05) is 9.86 Å². The van der Waals surface area contributed by atoms with Crippen molar-refractivity contribution >= 4 is 54.1 Å². The number of aromatic amines is 1. The molecule has 0 radical (unpaired) electrons. The van der Waals surface area contributed by atoms with Gasteiger partial charge in [-0.3, -0.25) is 9.82 Å². The first-order chi connectivity index (χ1) is 9.97. The average molecular weight is 387 g/mol. The molecule has 2 N–H and O–H groups in total. The fraction of sp³-hybridized carbons (Fsp3) is 0. The molecule has 0 aliphatic rings. The maximum atomic E-state index is 12.4. The van der Waals surface area contributed by atoms with Gasteiger partial charge in [0.25, 0.3) is 10.0 Å². The average Bonchev–Trinajstić information content (AvgIpc) is 2.91. The Balaban J connectivity index is 2.03.